The molecule has 0 aliphatic carbocycles. The van der Waals surface area contributed by atoms with Crippen LogP contribution in [-0.2, 0) is 6.54 Å². The Hall–Kier alpha value is -1.62. The molecule has 0 spiro atoms. The molecule has 5 nitrogen and oxygen atoms in total. The Morgan fingerprint density at radius 1 is 1.47 bits per heavy atom. The summed E-state index contributed by atoms with van der Waals surface area (Å²) in [5.41, 5.74) is 0.712. The number of nitrogens with zero attached hydrogens (tertiary/aromatic N) is 4. The molecule has 5 heteroatoms. The summed E-state index contributed by atoms with van der Waals surface area (Å²) >= 11 is 0. The minimum absolute atomic E-state index is 0.00972. The van der Waals surface area contributed by atoms with E-state index >= 15 is 0 Å². The summed E-state index contributed by atoms with van der Waals surface area (Å²) in [5, 5.41) is 4.26. The van der Waals surface area contributed by atoms with Crippen LogP contribution in [0.15, 0.2) is 29.5 Å². The Morgan fingerprint density at radius 2 is 2.32 bits per heavy atom. The summed E-state index contributed by atoms with van der Waals surface area (Å²) in [7, 11) is 0. The van der Waals surface area contributed by atoms with E-state index in [4.69, 9.17) is 0 Å². The van der Waals surface area contributed by atoms with Gasteiger partial charge in [-0.3, -0.25) is 4.79 Å². The van der Waals surface area contributed by atoms with Crippen molar-refractivity contribution in [2.75, 3.05) is 13.1 Å². The van der Waals surface area contributed by atoms with Crippen molar-refractivity contribution in [2.24, 2.45) is 5.92 Å². The van der Waals surface area contributed by atoms with Crippen LogP contribution in [0.5, 0.6) is 0 Å². The van der Waals surface area contributed by atoms with E-state index < -0.39 is 0 Å². The maximum absolute atomic E-state index is 12.3. The Morgan fingerprint density at radius 3 is 3.05 bits per heavy atom. The van der Waals surface area contributed by atoms with Gasteiger partial charge in [0, 0.05) is 25.3 Å². The number of fused-ring (bicyclic) bond motifs is 1. The van der Waals surface area contributed by atoms with E-state index in [1.807, 2.05) is 18.3 Å². The molecule has 1 saturated heterocycles. The fourth-order valence-electron chi connectivity index (χ4n) is 2.83. The van der Waals surface area contributed by atoms with Crippen LogP contribution >= 0.6 is 0 Å². The van der Waals surface area contributed by atoms with E-state index in [1.165, 1.54) is 0 Å². The first-order chi connectivity index (χ1) is 9.15. The number of likely N-dealkylation sites (tertiary alicyclic amines) is 1. The maximum atomic E-state index is 12.3. The molecule has 3 rings (SSSR count). The quantitative estimate of drug-likeness (QED) is 0.833. The molecule has 0 saturated carbocycles. The van der Waals surface area contributed by atoms with Crippen molar-refractivity contribution in [1.82, 2.24) is 19.1 Å². The van der Waals surface area contributed by atoms with Gasteiger partial charge in [0.25, 0.3) is 5.56 Å². The van der Waals surface area contributed by atoms with Crippen molar-refractivity contribution < 1.29 is 0 Å². The van der Waals surface area contributed by atoms with E-state index in [0.717, 1.165) is 26.1 Å². The van der Waals surface area contributed by atoms with Crippen molar-refractivity contribution in [3.05, 3.63) is 35.0 Å². The van der Waals surface area contributed by atoms with Gasteiger partial charge in [0.15, 0.2) is 0 Å². The first kappa shape index (κ1) is 12.4. The molecule has 0 aromatic carbocycles. The molecule has 1 fully saturated rings. The molecule has 2 aromatic heterocycles. The van der Waals surface area contributed by atoms with Gasteiger partial charge in [-0.1, -0.05) is 0 Å². The summed E-state index contributed by atoms with van der Waals surface area (Å²) in [4.78, 5) is 14.7. The second kappa shape index (κ2) is 4.81. The van der Waals surface area contributed by atoms with E-state index in [9.17, 15) is 4.79 Å². The highest BCUT2D eigenvalue weighted by molar-refractivity contribution is 5.43. The number of aromatic nitrogens is 3. The lowest BCUT2D eigenvalue weighted by Crippen LogP contribution is -2.31. The average Bonchev–Trinajstić information content (AvgIpc) is 3.01. The lowest BCUT2D eigenvalue weighted by molar-refractivity contribution is 0.258. The average molecular weight is 260 g/mol. The highest BCUT2D eigenvalue weighted by Gasteiger charge is 2.25. The lowest BCUT2D eigenvalue weighted by atomic mass is 10.1. The van der Waals surface area contributed by atoms with Gasteiger partial charge in [-0.15, -0.1) is 0 Å². The van der Waals surface area contributed by atoms with Crippen LogP contribution in [0.1, 0.15) is 20.3 Å². The van der Waals surface area contributed by atoms with Gasteiger partial charge in [0.05, 0.1) is 0 Å². The molecule has 1 aliphatic rings. The van der Waals surface area contributed by atoms with Gasteiger partial charge in [-0.2, -0.15) is 5.10 Å². The molecule has 3 heterocycles. The Kier molecular flexibility index (Phi) is 3.14. The number of rotatable bonds is 3. The summed E-state index contributed by atoms with van der Waals surface area (Å²) < 4.78 is 3.39. The van der Waals surface area contributed by atoms with Gasteiger partial charge in [0.1, 0.15) is 11.8 Å². The third-order valence-electron chi connectivity index (χ3n) is 4.03. The summed E-state index contributed by atoms with van der Waals surface area (Å²) in [6.07, 6.45) is 4.72. The highest BCUT2D eigenvalue weighted by Crippen LogP contribution is 2.19. The standard InChI is InChI=1S/C14H20N4O/c1-11(2)16-7-5-12(8-16)9-18-14(19)13-4-3-6-17(13)10-15-18/h3-4,6,10-12H,5,7-9H2,1-2H3. The number of hydrogen-bond acceptors (Lipinski definition) is 3. The lowest BCUT2D eigenvalue weighted by Gasteiger charge is -2.20. The van der Waals surface area contributed by atoms with E-state index in [-0.39, 0.29) is 5.56 Å². The fraction of sp³-hybridized carbons (Fsp3) is 0.571. The van der Waals surface area contributed by atoms with Crippen LogP contribution in [0.2, 0.25) is 0 Å². The van der Waals surface area contributed by atoms with Gasteiger partial charge in [-0.25, -0.2) is 4.68 Å². The topological polar surface area (TPSA) is 42.5 Å². The summed E-state index contributed by atoms with van der Waals surface area (Å²) in [5.74, 6) is 0.532. The van der Waals surface area contributed by atoms with E-state index in [0.29, 0.717) is 17.5 Å². The maximum Gasteiger partial charge on any atom is 0.291 e. The molecule has 102 valence electrons. The van der Waals surface area contributed by atoms with Gasteiger partial charge in [0.2, 0.25) is 0 Å². The molecule has 1 atom stereocenters. The molecule has 0 bridgehead atoms. The van der Waals surface area contributed by atoms with Crippen LogP contribution in [0.4, 0.5) is 0 Å². The molecular weight excluding hydrogens is 240 g/mol. The van der Waals surface area contributed by atoms with Crippen molar-refractivity contribution in [3.8, 4) is 0 Å². The van der Waals surface area contributed by atoms with Crippen molar-refractivity contribution in [2.45, 2.75) is 32.9 Å². The van der Waals surface area contributed by atoms with Crippen LogP contribution in [0.3, 0.4) is 0 Å². The van der Waals surface area contributed by atoms with Gasteiger partial charge >= 0.3 is 0 Å². The fourth-order valence-corrected chi connectivity index (χ4v) is 2.83. The summed E-state index contributed by atoms with van der Waals surface area (Å²) in [6.45, 7) is 7.37. The first-order valence-electron chi connectivity index (χ1n) is 6.92. The highest BCUT2D eigenvalue weighted by atomic mass is 16.1. The Balaban J connectivity index is 1.79. The third kappa shape index (κ3) is 2.30. The zero-order chi connectivity index (χ0) is 13.4. The van der Waals surface area contributed by atoms with Gasteiger partial charge < -0.3 is 9.30 Å². The molecule has 0 N–H and O–H groups in total. The van der Waals surface area contributed by atoms with Crippen LogP contribution < -0.4 is 5.56 Å². The van der Waals surface area contributed by atoms with Crippen molar-refractivity contribution in [1.29, 1.82) is 0 Å². The van der Waals surface area contributed by atoms with Gasteiger partial charge in [-0.05, 0) is 44.9 Å². The smallest absolute Gasteiger partial charge is 0.291 e. The molecule has 0 radical (unpaired) electrons. The SMILES string of the molecule is CC(C)N1CCC(Cn2ncn3cccc3c2=O)C1. The second-order valence-corrected chi connectivity index (χ2v) is 5.66. The van der Waals surface area contributed by atoms with Crippen molar-refractivity contribution >= 4 is 5.52 Å². The van der Waals surface area contributed by atoms with Crippen molar-refractivity contribution in [3.63, 3.8) is 0 Å². The third-order valence-corrected chi connectivity index (χ3v) is 4.03. The van der Waals surface area contributed by atoms with Crippen LogP contribution in [0, 0.1) is 5.92 Å². The predicted octanol–water partition coefficient (Wildman–Crippen LogP) is 1.23. The molecule has 0 amide bonds. The largest absolute Gasteiger partial charge is 0.301 e. The second-order valence-electron chi connectivity index (χ2n) is 5.66. The zero-order valence-corrected chi connectivity index (χ0v) is 11.5. The molecular formula is C14H20N4O. The van der Waals surface area contributed by atoms with E-state index in [2.05, 4.69) is 23.8 Å². The number of hydrogen-bond donors (Lipinski definition) is 0. The molecule has 1 unspecified atom stereocenters. The zero-order valence-electron chi connectivity index (χ0n) is 11.5. The Bertz CT molecular complexity index is 628. The minimum Gasteiger partial charge on any atom is -0.301 e. The molecule has 19 heavy (non-hydrogen) atoms. The normalized spacial score (nSPS) is 20.7. The first-order valence-corrected chi connectivity index (χ1v) is 6.92. The van der Waals surface area contributed by atoms with Crippen LogP contribution in [-0.4, -0.2) is 38.2 Å². The summed E-state index contributed by atoms with van der Waals surface area (Å²) in [6, 6.07) is 4.30. The van der Waals surface area contributed by atoms with Crippen LogP contribution in [0.25, 0.3) is 5.52 Å². The predicted molar refractivity (Wildman–Crippen MR) is 74.3 cm³/mol. The van der Waals surface area contributed by atoms with E-state index in [1.54, 1.807) is 15.4 Å². The molecule has 2 aromatic rings. The Labute approximate surface area is 112 Å². The molecule has 1 aliphatic heterocycles. The monoisotopic (exact) mass is 260 g/mol. The minimum atomic E-state index is 0.00972.